The Morgan fingerprint density at radius 1 is 1.05 bits per heavy atom. The molecule has 230 valence electrons. The number of aromatic nitrogens is 1. The maximum Gasteiger partial charge on any atom is 0.490 e. The van der Waals surface area contributed by atoms with Gasteiger partial charge >= 0.3 is 18.3 Å². The van der Waals surface area contributed by atoms with Crippen molar-refractivity contribution in [3.8, 4) is 0 Å². The van der Waals surface area contributed by atoms with Gasteiger partial charge in [0, 0.05) is 38.9 Å². The minimum Gasteiger partial charge on any atom is -0.475 e. The Labute approximate surface area is 226 Å². The predicted octanol–water partition coefficient (Wildman–Crippen LogP) is 0.423. The zero-order chi connectivity index (χ0) is 30.7. The summed E-state index contributed by atoms with van der Waals surface area (Å²) in [5, 5.41) is 6.79. The molecule has 1 aromatic heterocycles. The second-order valence-electron chi connectivity index (χ2n) is 9.01. The number of piperidine rings is 1. The van der Waals surface area contributed by atoms with Crippen LogP contribution in [0.1, 0.15) is 12.0 Å². The summed E-state index contributed by atoms with van der Waals surface area (Å²) in [6, 6.07) is 2.74. The summed E-state index contributed by atoms with van der Waals surface area (Å²) in [6.07, 6.45) is -9.14. The molecule has 2 saturated heterocycles. The van der Waals surface area contributed by atoms with Crippen molar-refractivity contribution in [3.05, 3.63) is 23.9 Å². The zero-order valence-corrected chi connectivity index (χ0v) is 22.9. The number of aliphatic carboxylic acids is 1. The second kappa shape index (κ2) is 12.4. The average molecular weight is 649 g/mol. The third kappa shape index (κ3) is 9.23. The molecule has 0 saturated carbocycles. The molecule has 2 fully saturated rings. The lowest BCUT2D eigenvalue weighted by molar-refractivity contribution is -0.192. The number of carboxylic acids is 1. The van der Waals surface area contributed by atoms with E-state index in [2.05, 4.69) is 4.98 Å². The molecule has 1 aromatic rings. The number of sulfone groups is 2. The minimum absolute atomic E-state index is 0.0438. The van der Waals surface area contributed by atoms with E-state index >= 15 is 0 Å². The maximum absolute atomic E-state index is 13.6. The van der Waals surface area contributed by atoms with Crippen LogP contribution in [0.15, 0.2) is 23.4 Å². The number of halogens is 6. The van der Waals surface area contributed by atoms with Crippen molar-refractivity contribution >= 4 is 35.9 Å². The largest absolute Gasteiger partial charge is 0.490 e. The molecule has 2 aliphatic rings. The fraction of sp³-hybridized carbons (Fsp3) is 0.684. The van der Waals surface area contributed by atoms with Crippen LogP contribution in [0, 0.1) is 11.8 Å². The van der Waals surface area contributed by atoms with Gasteiger partial charge in [0.25, 0.3) is 10.2 Å². The van der Waals surface area contributed by atoms with Gasteiger partial charge in [-0.1, -0.05) is 0 Å². The van der Waals surface area contributed by atoms with Crippen LogP contribution in [0.4, 0.5) is 26.3 Å². The molecule has 3 rings (SSSR count). The number of carboxylic acid groups (broad SMARTS) is 1. The van der Waals surface area contributed by atoms with Crippen molar-refractivity contribution in [2.45, 2.75) is 30.3 Å². The quantitative estimate of drug-likeness (QED) is 0.410. The van der Waals surface area contributed by atoms with Crippen LogP contribution in [0.2, 0.25) is 0 Å². The number of rotatable bonds is 6. The molecule has 12 nitrogen and oxygen atoms in total. The van der Waals surface area contributed by atoms with Gasteiger partial charge in [0.2, 0.25) is 0 Å². The topological polar surface area (TPSA) is 185 Å². The third-order valence-electron chi connectivity index (χ3n) is 5.97. The van der Waals surface area contributed by atoms with E-state index in [0.29, 0.717) is 9.87 Å². The molecule has 0 amide bonds. The summed E-state index contributed by atoms with van der Waals surface area (Å²) in [5.41, 5.74) is 5.98. The number of pyridine rings is 1. The van der Waals surface area contributed by atoms with E-state index in [1.165, 1.54) is 18.3 Å². The van der Waals surface area contributed by atoms with E-state index in [0.717, 1.165) is 4.31 Å². The highest BCUT2D eigenvalue weighted by Gasteiger charge is 2.49. The number of nitrogens with two attached hydrogens (primary N) is 1. The van der Waals surface area contributed by atoms with Gasteiger partial charge in [-0.3, -0.25) is 0 Å². The van der Waals surface area contributed by atoms with E-state index in [9.17, 15) is 51.6 Å². The first kappa shape index (κ1) is 34.1. The molecule has 0 aliphatic carbocycles. The van der Waals surface area contributed by atoms with Gasteiger partial charge in [0.1, 0.15) is 0 Å². The predicted molar refractivity (Wildman–Crippen MR) is 126 cm³/mol. The molecule has 3 heterocycles. The van der Waals surface area contributed by atoms with Crippen LogP contribution < -0.4 is 5.73 Å². The molecule has 3 N–H and O–H groups in total. The molecule has 0 bridgehead atoms. The van der Waals surface area contributed by atoms with Gasteiger partial charge in [-0.25, -0.2) is 26.6 Å². The van der Waals surface area contributed by atoms with Gasteiger partial charge in [-0.05, 0) is 30.0 Å². The van der Waals surface area contributed by atoms with Crippen molar-refractivity contribution in [1.29, 1.82) is 0 Å². The highest BCUT2D eigenvalue weighted by Crippen LogP contribution is 2.37. The molecule has 0 aromatic carbocycles. The number of hydrogen-bond donors (Lipinski definition) is 2. The Hall–Kier alpha value is -2.07. The molecular weight excluding hydrogens is 622 g/mol. The summed E-state index contributed by atoms with van der Waals surface area (Å²) < 4.78 is 149. The van der Waals surface area contributed by atoms with Crippen LogP contribution in [-0.2, 0) is 41.2 Å². The van der Waals surface area contributed by atoms with Crippen LogP contribution in [0.25, 0.3) is 0 Å². The molecule has 2 atom stereocenters. The Kier molecular flexibility index (Phi) is 10.6. The Morgan fingerprint density at radius 2 is 1.60 bits per heavy atom. The number of alkyl halides is 6. The summed E-state index contributed by atoms with van der Waals surface area (Å²) in [4.78, 5) is 12.7. The van der Waals surface area contributed by atoms with Crippen LogP contribution in [0.3, 0.4) is 0 Å². The first-order valence-corrected chi connectivity index (χ1v) is 16.2. The van der Waals surface area contributed by atoms with E-state index in [1.54, 1.807) is 0 Å². The van der Waals surface area contributed by atoms with Gasteiger partial charge in [-0.15, -0.1) is 0 Å². The molecule has 0 spiro atoms. The smallest absolute Gasteiger partial charge is 0.475 e. The summed E-state index contributed by atoms with van der Waals surface area (Å²) in [7, 11) is -11.9. The standard InChI is InChI=1S/C17H25F3N4O6S3.C2HF3O2/c18-17(19,20)15-7-14(12-32(27,28)16-8-13(9-21)1-2-22-16)10-24(11-15)33(29,30)23-3-5-31(25,26)6-4-23;3-2(4,5)1(6)7/h1-2,8,14-15H,3-7,9-12,21H2;(H,6,7)/t14-,15+;/m0./s1. The van der Waals surface area contributed by atoms with Crippen molar-refractivity contribution in [1.82, 2.24) is 13.6 Å². The average Bonchev–Trinajstić information content (AvgIpc) is 2.82. The molecule has 0 radical (unpaired) electrons. The maximum atomic E-state index is 13.6. The van der Waals surface area contributed by atoms with Crippen molar-refractivity contribution < 1.29 is 61.5 Å². The van der Waals surface area contributed by atoms with Gasteiger partial charge in [-0.2, -0.15) is 43.4 Å². The first-order valence-electron chi connectivity index (χ1n) is 11.3. The highest BCUT2D eigenvalue weighted by molar-refractivity contribution is 7.92. The van der Waals surface area contributed by atoms with Gasteiger partial charge in [0.05, 0.1) is 23.2 Å². The van der Waals surface area contributed by atoms with E-state index in [1.807, 2.05) is 0 Å². The molecular formula is C19H26F6N4O8S3. The Bertz CT molecular complexity index is 1370. The lowest BCUT2D eigenvalue weighted by Crippen LogP contribution is -2.56. The zero-order valence-electron chi connectivity index (χ0n) is 20.5. The van der Waals surface area contributed by atoms with Crippen LogP contribution in [0.5, 0.6) is 0 Å². The Balaban J connectivity index is 0.000000708. The SMILES string of the molecule is NCc1ccnc(S(=O)(=O)C[C@H]2C[C@@H](C(F)(F)F)CN(S(=O)(=O)N3CCS(=O)(=O)CC3)C2)c1.O=C(O)C(F)(F)F. The molecule has 2 aliphatic heterocycles. The van der Waals surface area contributed by atoms with E-state index < -0.39 is 96.8 Å². The minimum atomic E-state index is -5.08. The summed E-state index contributed by atoms with van der Waals surface area (Å²) in [6.45, 7) is -1.98. The third-order valence-corrected chi connectivity index (χ3v) is 11.3. The number of hydrogen-bond acceptors (Lipinski definition) is 9. The second-order valence-corrected chi connectivity index (χ2v) is 15.2. The molecule has 0 unspecified atom stereocenters. The number of nitrogens with zero attached hydrogens (tertiary/aromatic N) is 3. The summed E-state index contributed by atoms with van der Waals surface area (Å²) >= 11 is 0. The lowest BCUT2D eigenvalue weighted by atomic mass is 9.91. The van der Waals surface area contributed by atoms with Crippen LogP contribution >= 0.6 is 0 Å². The van der Waals surface area contributed by atoms with Crippen molar-refractivity contribution in [2.24, 2.45) is 17.6 Å². The number of carbonyl (C=O) groups is 1. The first-order chi connectivity index (χ1) is 18.1. The van der Waals surface area contributed by atoms with Crippen molar-refractivity contribution in [2.75, 3.05) is 43.4 Å². The molecule has 21 heteroatoms. The monoisotopic (exact) mass is 648 g/mol. The molecule has 40 heavy (non-hydrogen) atoms. The normalized spacial score (nSPS) is 23.2. The summed E-state index contributed by atoms with van der Waals surface area (Å²) in [5.74, 6) is -7.53. The highest BCUT2D eigenvalue weighted by atomic mass is 32.2. The Morgan fingerprint density at radius 3 is 2.08 bits per heavy atom. The van der Waals surface area contributed by atoms with Gasteiger partial charge < -0.3 is 10.8 Å². The fourth-order valence-electron chi connectivity index (χ4n) is 3.94. The van der Waals surface area contributed by atoms with E-state index in [-0.39, 0.29) is 24.7 Å². The van der Waals surface area contributed by atoms with E-state index in [4.69, 9.17) is 15.6 Å². The van der Waals surface area contributed by atoms with Crippen LogP contribution in [-0.4, -0.2) is 106 Å². The van der Waals surface area contributed by atoms with Crippen molar-refractivity contribution in [3.63, 3.8) is 0 Å². The lowest BCUT2D eigenvalue weighted by Gasteiger charge is -2.40. The fourth-order valence-corrected chi connectivity index (χ4v) is 8.69. The van der Waals surface area contributed by atoms with Gasteiger partial charge in [0.15, 0.2) is 24.7 Å².